The van der Waals surface area contributed by atoms with Crippen molar-refractivity contribution in [2.45, 2.75) is 65.2 Å². The Kier molecular flexibility index (Phi) is 6.06. The number of hydrogen-bond acceptors (Lipinski definition) is 4. The number of rotatable bonds is 6. The first-order valence-corrected chi connectivity index (χ1v) is 10.1. The molecule has 2 aromatic carbocycles. The molecule has 0 saturated carbocycles. The van der Waals surface area contributed by atoms with Gasteiger partial charge in [0.25, 0.3) is 5.91 Å². The summed E-state index contributed by atoms with van der Waals surface area (Å²) in [5.41, 5.74) is 2.76. The van der Waals surface area contributed by atoms with Gasteiger partial charge < -0.3 is 19.5 Å². The summed E-state index contributed by atoms with van der Waals surface area (Å²) in [5, 5.41) is 3.19. The van der Waals surface area contributed by atoms with Gasteiger partial charge in [0.15, 0.2) is 6.10 Å². The van der Waals surface area contributed by atoms with Crippen molar-refractivity contribution < 1.29 is 19.0 Å². The number of fused-ring (bicyclic) bond motifs is 1. The average Bonchev–Trinajstić information content (AvgIpc) is 2.65. The first kappa shape index (κ1) is 21.0. The highest BCUT2D eigenvalue weighted by molar-refractivity contribution is 5.81. The quantitative estimate of drug-likeness (QED) is 0.754. The van der Waals surface area contributed by atoms with Crippen LogP contribution < -0.4 is 19.5 Å². The van der Waals surface area contributed by atoms with Gasteiger partial charge in [0.2, 0.25) is 0 Å². The summed E-state index contributed by atoms with van der Waals surface area (Å²) >= 11 is 0. The predicted octanol–water partition coefficient (Wildman–Crippen LogP) is 4.89. The third-order valence-corrected chi connectivity index (χ3v) is 5.26. The summed E-state index contributed by atoms with van der Waals surface area (Å²) in [6.07, 6.45) is 0.711. The molecule has 0 saturated heterocycles. The minimum atomic E-state index is -0.552. The van der Waals surface area contributed by atoms with Crippen LogP contribution in [0.15, 0.2) is 36.4 Å². The fraction of sp³-hybridized carbons (Fsp3) is 0.458. The number of hydrogen-bond donors (Lipinski definition) is 1. The van der Waals surface area contributed by atoms with Crippen molar-refractivity contribution in [3.63, 3.8) is 0 Å². The Labute approximate surface area is 173 Å². The maximum atomic E-state index is 13.1. The molecule has 1 N–H and O–H groups in total. The smallest absolute Gasteiger partial charge is 0.261 e. The lowest BCUT2D eigenvalue weighted by Gasteiger charge is -2.38. The zero-order valence-electron chi connectivity index (χ0n) is 18.2. The van der Waals surface area contributed by atoms with Crippen molar-refractivity contribution >= 4 is 5.91 Å². The summed E-state index contributed by atoms with van der Waals surface area (Å²) < 4.78 is 17.5. The molecule has 2 atom stereocenters. The van der Waals surface area contributed by atoms with Crippen LogP contribution in [0, 0.1) is 13.8 Å². The van der Waals surface area contributed by atoms with E-state index in [2.05, 4.69) is 11.4 Å². The highest BCUT2D eigenvalue weighted by Crippen LogP contribution is 2.41. The zero-order chi connectivity index (χ0) is 21.2. The van der Waals surface area contributed by atoms with Crippen LogP contribution in [0.2, 0.25) is 0 Å². The second kappa shape index (κ2) is 8.36. The Hall–Kier alpha value is -2.69. The van der Waals surface area contributed by atoms with E-state index in [-0.39, 0.29) is 11.9 Å². The molecule has 0 radical (unpaired) electrons. The maximum absolute atomic E-state index is 13.1. The van der Waals surface area contributed by atoms with Crippen LogP contribution >= 0.6 is 0 Å². The second-order valence-electron chi connectivity index (χ2n) is 8.31. The number of benzene rings is 2. The van der Waals surface area contributed by atoms with Gasteiger partial charge >= 0.3 is 0 Å². The van der Waals surface area contributed by atoms with Crippen LogP contribution in [0.5, 0.6) is 17.2 Å². The molecule has 1 aliphatic rings. The third kappa shape index (κ3) is 4.84. The fourth-order valence-corrected chi connectivity index (χ4v) is 3.76. The van der Waals surface area contributed by atoms with Crippen LogP contribution in [-0.4, -0.2) is 24.7 Å². The van der Waals surface area contributed by atoms with Gasteiger partial charge in [-0.2, -0.15) is 0 Å². The Balaban J connectivity index is 1.79. The molecule has 1 heterocycles. The lowest BCUT2D eigenvalue weighted by molar-refractivity contribution is -0.129. The number of carbonyl (C=O) groups is 1. The monoisotopic (exact) mass is 397 g/mol. The summed E-state index contributed by atoms with van der Waals surface area (Å²) in [5.74, 6) is 2.11. The lowest BCUT2D eigenvalue weighted by Crippen LogP contribution is -2.45. The Bertz CT molecular complexity index is 890. The van der Waals surface area contributed by atoms with E-state index < -0.39 is 11.7 Å². The molecule has 2 aromatic rings. The topological polar surface area (TPSA) is 56.8 Å². The van der Waals surface area contributed by atoms with E-state index in [1.165, 1.54) is 5.56 Å². The average molecular weight is 398 g/mol. The van der Waals surface area contributed by atoms with E-state index in [1.807, 2.05) is 65.0 Å². The van der Waals surface area contributed by atoms with E-state index in [0.717, 1.165) is 28.4 Å². The molecule has 1 amide bonds. The zero-order valence-corrected chi connectivity index (χ0v) is 18.2. The van der Waals surface area contributed by atoms with Crippen LogP contribution in [0.4, 0.5) is 0 Å². The van der Waals surface area contributed by atoms with Crippen molar-refractivity contribution in [1.82, 2.24) is 5.32 Å². The van der Waals surface area contributed by atoms with Crippen LogP contribution in [-0.2, 0) is 4.79 Å². The van der Waals surface area contributed by atoms with Gasteiger partial charge in [-0.25, -0.2) is 0 Å². The summed E-state index contributed by atoms with van der Waals surface area (Å²) in [6.45, 7) is 10.0. The normalized spacial score (nSPS) is 18.2. The molecule has 1 aliphatic heterocycles. The molecule has 3 rings (SSSR count). The van der Waals surface area contributed by atoms with E-state index in [0.29, 0.717) is 12.8 Å². The van der Waals surface area contributed by atoms with Gasteiger partial charge in [-0.1, -0.05) is 24.6 Å². The summed E-state index contributed by atoms with van der Waals surface area (Å²) in [4.78, 5) is 13.1. The summed E-state index contributed by atoms with van der Waals surface area (Å²) in [6, 6.07) is 11.6. The predicted molar refractivity (Wildman–Crippen MR) is 114 cm³/mol. The molecule has 5 nitrogen and oxygen atoms in total. The molecular formula is C24H31NO4. The standard InChI is InChI=1S/C24H31NO4/c1-7-20(28-21-11-8-15(2)12-16(21)3)23(26)25-19-14-24(4,5)29-22-13-17(27-6)9-10-18(19)22/h8-13,19-20H,7,14H2,1-6H3,(H,25,26)/t19-,20-/m1/s1. The van der Waals surface area contributed by atoms with E-state index >= 15 is 0 Å². The van der Waals surface area contributed by atoms with Gasteiger partial charge in [0.1, 0.15) is 22.8 Å². The van der Waals surface area contributed by atoms with Crippen molar-refractivity contribution in [2.24, 2.45) is 0 Å². The van der Waals surface area contributed by atoms with E-state index in [9.17, 15) is 4.79 Å². The van der Waals surface area contributed by atoms with Crippen LogP contribution in [0.1, 0.15) is 56.3 Å². The maximum Gasteiger partial charge on any atom is 0.261 e. The Morgan fingerprint density at radius 3 is 2.66 bits per heavy atom. The first-order chi connectivity index (χ1) is 13.7. The van der Waals surface area contributed by atoms with Gasteiger partial charge in [-0.05, 0) is 57.9 Å². The van der Waals surface area contributed by atoms with Crippen molar-refractivity contribution in [2.75, 3.05) is 7.11 Å². The number of ether oxygens (including phenoxy) is 3. The molecule has 29 heavy (non-hydrogen) atoms. The van der Waals surface area contributed by atoms with E-state index in [4.69, 9.17) is 14.2 Å². The van der Waals surface area contributed by atoms with E-state index in [1.54, 1.807) is 7.11 Å². The number of carbonyl (C=O) groups excluding carboxylic acids is 1. The second-order valence-corrected chi connectivity index (χ2v) is 8.31. The van der Waals surface area contributed by atoms with Gasteiger partial charge in [-0.15, -0.1) is 0 Å². The Morgan fingerprint density at radius 1 is 1.24 bits per heavy atom. The van der Waals surface area contributed by atoms with Crippen molar-refractivity contribution in [1.29, 1.82) is 0 Å². The molecule has 0 unspecified atom stereocenters. The molecule has 0 bridgehead atoms. The van der Waals surface area contributed by atoms with Gasteiger partial charge in [0.05, 0.1) is 13.2 Å². The third-order valence-electron chi connectivity index (χ3n) is 5.26. The first-order valence-electron chi connectivity index (χ1n) is 10.1. The van der Waals surface area contributed by atoms with Crippen LogP contribution in [0.3, 0.4) is 0 Å². The minimum Gasteiger partial charge on any atom is -0.497 e. The molecule has 156 valence electrons. The largest absolute Gasteiger partial charge is 0.497 e. The molecule has 0 aromatic heterocycles. The van der Waals surface area contributed by atoms with Gasteiger partial charge in [0, 0.05) is 18.1 Å². The number of aryl methyl sites for hydroxylation is 2. The van der Waals surface area contributed by atoms with Crippen molar-refractivity contribution in [3.8, 4) is 17.2 Å². The number of methoxy groups -OCH3 is 1. The van der Waals surface area contributed by atoms with Crippen molar-refractivity contribution in [3.05, 3.63) is 53.1 Å². The van der Waals surface area contributed by atoms with Gasteiger partial charge in [-0.3, -0.25) is 4.79 Å². The molecular weight excluding hydrogens is 366 g/mol. The van der Waals surface area contributed by atoms with Crippen LogP contribution in [0.25, 0.3) is 0 Å². The number of amides is 1. The number of nitrogens with one attached hydrogen (secondary N) is 1. The summed E-state index contributed by atoms with van der Waals surface area (Å²) in [7, 11) is 1.63. The Morgan fingerprint density at radius 2 is 2.00 bits per heavy atom. The minimum absolute atomic E-state index is 0.114. The molecule has 0 aliphatic carbocycles. The highest BCUT2D eigenvalue weighted by Gasteiger charge is 2.36. The molecule has 0 fully saturated rings. The SMILES string of the molecule is CC[C@@H](Oc1ccc(C)cc1C)C(=O)N[C@@H]1CC(C)(C)Oc2cc(OC)ccc21. The molecule has 5 heteroatoms. The molecule has 0 spiro atoms. The lowest BCUT2D eigenvalue weighted by atomic mass is 9.89. The fourth-order valence-electron chi connectivity index (χ4n) is 3.76. The highest BCUT2D eigenvalue weighted by atomic mass is 16.5.